The van der Waals surface area contributed by atoms with E-state index in [0.29, 0.717) is 12.2 Å². The number of imide groups is 1. The summed E-state index contributed by atoms with van der Waals surface area (Å²) in [4.78, 5) is 40.9. The van der Waals surface area contributed by atoms with Crippen LogP contribution in [-0.2, 0) is 14.3 Å². The Morgan fingerprint density at radius 1 is 1.12 bits per heavy atom. The van der Waals surface area contributed by atoms with Gasteiger partial charge >= 0.3 is 6.09 Å². The van der Waals surface area contributed by atoms with Gasteiger partial charge in [0.25, 0.3) is 0 Å². The van der Waals surface area contributed by atoms with Gasteiger partial charge in [0.15, 0.2) is 0 Å². The number of piperidine rings is 1. The zero-order valence-electron chi connectivity index (χ0n) is 13.3. The van der Waals surface area contributed by atoms with Gasteiger partial charge in [-0.3, -0.25) is 9.59 Å². The minimum atomic E-state index is -0.522. The van der Waals surface area contributed by atoms with E-state index in [1.54, 1.807) is 36.1 Å². The molecule has 4 atom stereocenters. The molecule has 6 heteroatoms. The Morgan fingerprint density at radius 3 is 2.54 bits per heavy atom. The highest BCUT2D eigenvalue weighted by Gasteiger charge is 2.60. The molecule has 0 aromatic heterocycles. The lowest BCUT2D eigenvalue weighted by molar-refractivity contribution is -0.126. The van der Waals surface area contributed by atoms with Crippen LogP contribution >= 0.6 is 0 Å². The lowest BCUT2D eigenvalue weighted by Crippen LogP contribution is -2.58. The second-order valence-corrected chi connectivity index (χ2v) is 6.29. The molecule has 4 aliphatic rings. The molecule has 0 radical (unpaired) electrons. The van der Waals surface area contributed by atoms with Crippen LogP contribution in [0.4, 0.5) is 10.5 Å². The minimum Gasteiger partial charge on any atom is -0.450 e. The number of carbonyl (C=O) groups is 3. The lowest BCUT2D eigenvalue weighted by Gasteiger charge is -2.45. The van der Waals surface area contributed by atoms with Crippen LogP contribution in [0.15, 0.2) is 42.5 Å². The van der Waals surface area contributed by atoms with Crippen LogP contribution in [0.2, 0.25) is 0 Å². The average molecular weight is 326 g/mol. The van der Waals surface area contributed by atoms with E-state index < -0.39 is 24.0 Å². The highest BCUT2D eigenvalue weighted by Crippen LogP contribution is 2.46. The van der Waals surface area contributed by atoms with E-state index in [-0.39, 0.29) is 24.3 Å². The van der Waals surface area contributed by atoms with Crippen molar-refractivity contribution in [3.63, 3.8) is 0 Å². The molecule has 2 saturated heterocycles. The molecule has 1 aliphatic carbocycles. The van der Waals surface area contributed by atoms with Crippen molar-refractivity contribution >= 4 is 23.6 Å². The Labute approximate surface area is 139 Å². The number of amides is 3. The number of nitrogens with zero attached hydrogens (tertiary/aromatic N) is 2. The van der Waals surface area contributed by atoms with Crippen LogP contribution in [0.3, 0.4) is 0 Å². The molecule has 2 unspecified atom stereocenters. The van der Waals surface area contributed by atoms with Crippen molar-refractivity contribution in [2.45, 2.75) is 13.0 Å². The molecule has 3 amide bonds. The number of rotatable bonds is 2. The SMILES string of the molecule is CCOC(=O)N1CC2C=CC1[C@@H]1C(=O)N(c3ccccc3)C(=O)[C@H]21. The van der Waals surface area contributed by atoms with Crippen molar-refractivity contribution in [3.8, 4) is 0 Å². The van der Waals surface area contributed by atoms with E-state index in [2.05, 4.69) is 0 Å². The van der Waals surface area contributed by atoms with Gasteiger partial charge in [0.2, 0.25) is 11.8 Å². The molecular formula is C18H18N2O4. The molecule has 5 rings (SSSR count). The van der Waals surface area contributed by atoms with Crippen LogP contribution in [0.5, 0.6) is 0 Å². The summed E-state index contributed by atoms with van der Waals surface area (Å²) in [5, 5.41) is 0. The highest BCUT2D eigenvalue weighted by molar-refractivity contribution is 6.22. The van der Waals surface area contributed by atoms with Gasteiger partial charge in [0.05, 0.1) is 30.2 Å². The fourth-order valence-electron chi connectivity index (χ4n) is 4.07. The zero-order chi connectivity index (χ0) is 16.8. The predicted octanol–water partition coefficient (Wildman–Crippen LogP) is 1.82. The average Bonchev–Trinajstić information content (AvgIpc) is 2.89. The van der Waals surface area contributed by atoms with E-state index in [4.69, 9.17) is 4.74 Å². The topological polar surface area (TPSA) is 66.9 Å². The predicted molar refractivity (Wildman–Crippen MR) is 86.1 cm³/mol. The normalized spacial score (nSPS) is 30.7. The number of benzene rings is 1. The van der Waals surface area contributed by atoms with Gasteiger partial charge in [-0.1, -0.05) is 30.4 Å². The second-order valence-electron chi connectivity index (χ2n) is 6.29. The number of carbonyl (C=O) groups excluding carboxylic acids is 3. The third-order valence-electron chi connectivity index (χ3n) is 5.07. The molecule has 0 N–H and O–H groups in total. The van der Waals surface area contributed by atoms with Crippen molar-refractivity contribution < 1.29 is 19.1 Å². The lowest BCUT2D eigenvalue weighted by atomic mass is 9.70. The maximum Gasteiger partial charge on any atom is 0.410 e. The summed E-state index contributed by atoms with van der Waals surface area (Å²) >= 11 is 0. The molecule has 24 heavy (non-hydrogen) atoms. The Bertz CT molecular complexity index is 730. The Morgan fingerprint density at radius 2 is 1.83 bits per heavy atom. The van der Waals surface area contributed by atoms with E-state index >= 15 is 0 Å². The summed E-state index contributed by atoms with van der Waals surface area (Å²) in [5.74, 6) is -1.46. The summed E-state index contributed by atoms with van der Waals surface area (Å²) < 4.78 is 5.10. The van der Waals surface area contributed by atoms with Gasteiger partial charge < -0.3 is 9.64 Å². The first-order valence-electron chi connectivity index (χ1n) is 8.18. The largest absolute Gasteiger partial charge is 0.450 e. The molecule has 0 saturated carbocycles. The van der Waals surface area contributed by atoms with Crippen molar-refractivity contribution in [2.75, 3.05) is 18.1 Å². The quantitative estimate of drug-likeness (QED) is 0.614. The van der Waals surface area contributed by atoms with Gasteiger partial charge in [-0.05, 0) is 19.1 Å². The molecule has 1 aromatic rings. The molecule has 6 nitrogen and oxygen atoms in total. The van der Waals surface area contributed by atoms with E-state index in [0.717, 1.165) is 0 Å². The number of fused-ring (bicyclic) bond motifs is 1. The number of hydrogen-bond donors (Lipinski definition) is 0. The van der Waals surface area contributed by atoms with E-state index in [1.165, 1.54) is 4.90 Å². The number of ether oxygens (including phenoxy) is 1. The van der Waals surface area contributed by atoms with Crippen LogP contribution in [0.1, 0.15) is 6.92 Å². The van der Waals surface area contributed by atoms with Gasteiger partial charge in [-0.15, -0.1) is 0 Å². The fraction of sp³-hybridized carbons (Fsp3) is 0.389. The zero-order valence-corrected chi connectivity index (χ0v) is 13.3. The Kier molecular flexibility index (Phi) is 3.40. The van der Waals surface area contributed by atoms with Gasteiger partial charge in [0, 0.05) is 12.5 Å². The molecule has 3 aliphatic heterocycles. The first kappa shape index (κ1) is 14.9. The van der Waals surface area contributed by atoms with E-state index in [1.807, 2.05) is 18.2 Å². The molecule has 3 heterocycles. The number of para-hydroxylation sites is 1. The van der Waals surface area contributed by atoms with Crippen molar-refractivity contribution in [1.82, 2.24) is 4.90 Å². The fourth-order valence-corrected chi connectivity index (χ4v) is 4.07. The molecule has 2 fully saturated rings. The molecule has 0 spiro atoms. The maximum absolute atomic E-state index is 13.0. The third-order valence-corrected chi connectivity index (χ3v) is 5.07. The van der Waals surface area contributed by atoms with Crippen LogP contribution < -0.4 is 4.90 Å². The Hall–Kier alpha value is -2.63. The van der Waals surface area contributed by atoms with Gasteiger partial charge in [0.1, 0.15) is 0 Å². The van der Waals surface area contributed by atoms with Gasteiger partial charge in [-0.25, -0.2) is 9.69 Å². The second kappa shape index (κ2) is 5.47. The molecular weight excluding hydrogens is 308 g/mol. The minimum absolute atomic E-state index is 0.144. The summed E-state index contributed by atoms with van der Waals surface area (Å²) in [5.41, 5.74) is 0.587. The van der Waals surface area contributed by atoms with Crippen molar-refractivity contribution in [1.29, 1.82) is 0 Å². The van der Waals surface area contributed by atoms with Crippen molar-refractivity contribution in [2.24, 2.45) is 17.8 Å². The molecule has 1 aromatic carbocycles. The summed E-state index contributed by atoms with van der Waals surface area (Å²) in [6.07, 6.45) is 3.40. The first-order valence-corrected chi connectivity index (χ1v) is 8.18. The maximum atomic E-state index is 13.0. The molecule has 124 valence electrons. The van der Waals surface area contributed by atoms with Crippen LogP contribution in [0, 0.1) is 17.8 Å². The smallest absolute Gasteiger partial charge is 0.410 e. The van der Waals surface area contributed by atoms with Crippen LogP contribution in [0.25, 0.3) is 0 Å². The standard InChI is InChI=1S/C18H18N2O4/c1-2-24-18(23)19-10-11-8-9-13(19)15-14(11)16(21)20(17(15)22)12-6-4-3-5-7-12/h3-9,11,13-15H,2,10H2,1H3/t11?,13?,14-,15+/m1/s1. The van der Waals surface area contributed by atoms with Crippen molar-refractivity contribution in [3.05, 3.63) is 42.5 Å². The van der Waals surface area contributed by atoms with E-state index in [9.17, 15) is 14.4 Å². The summed E-state index contributed by atoms with van der Waals surface area (Å²) in [6, 6.07) is 8.54. The molecule has 2 bridgehead atoms. The van der Waals surface area contributed by atoms with Gasteiger partial charge in [-0.2, -0.15) is 0 Å². The summed E-state index contributed by atoms with van der Waals surface area (Å²) in [6.45, 7) is 2.45. The van der Waals surface area contributed by atoms with Crippen LogP contribution in [-0.4, -0.2) is 42.0 Å². The third kappa shape index (κ3) is 1.99. The number of hydrogen-bond acceptors (Lipinski definition) is 4. The Balaban J connectivity index is 1.69. The number of anilines is 1. The summed E-state index contributed by atoms with van der Waals surface area (Å²) in [7, 11) is 0. The first-order chi connectivity index (χ1) is 11.6. The monoisotopic (exact) mass is 326 g/mol. The highest BCUT2D eigenvalue weighted by atomic mass is 16.6.